The Kier molecular flexibility index (Phi) is 4.54. The van der Waals surface area contributed by atoms with Gasteiger partial charge < -0.3 is 9.47 Å². The smallest absolute Gasteiger partial charge is 0.348 e. The van der Waals surface area contributed by atoms with Crippen molar-refractivity contribution in [3.05, 3.63) is 6.92 Å². The third-order valence-corrected chi connectivity index (χ3v) is 0.938. The maximum atomic E-state index is 10.8. The highest BCUT2D eigenvalue weighted by atomic mass is 16.6. The van der Waals surface area contributed by atoms with Gasteiger partial charge in [0.1, 0.15) is 0 Å². The van der Waals surface area contributed by atoms with E-state index in [4.69, 9.17) is 6.42 Å². The molecule has 0 aliphatic heterocycles. The zero-order valence-electron chi connectivity index (χ0n) is 6.70. The second-order valence-electron chi connectivity index (χ2n) is 1.94. The Morgan fingerprint density at radius 3 is 2.67 bits per heavy atom. The maximum absolute atomic E-state index is 10.8. The topological polar surface area (TPSA) is 52.6 Å². The average molecular weight is 169 g/mol. The largest absolute Gasteiger partial charge is 0.451 e. The summed E-state index contributed by atoms with van der Waals surface area (Å²) in [5.74, 6) is 0.654. The van der Waals surface area contributed by atoms with Gasteiger partial charge in [0.2, 0.25) is 0 Å². The summed E-state index contributed by atoms with van der Waals surface area (Å²) in [6.45, 7) is 4.18. The quantitative estimate of drug-likeness (QED) is 0.438. The van der Waals surface area contributed by atoms with E-state index in [1.165, 1.54) is 6.92 Å². The Hall–Kier alpha value is -1.50. The fraction of sp³-hybridized carbons (Fsp3) is 0.375. The van der Waals surface area contributed by atoms with Gasteiger partial charge >= 0.3 is 11.9 Å². The summed E-state index contributed by atoms with van der Waals surface area (Å²) in [6.07, 6.45) is 3.88. The molecule has 0 aliphatic rings. The molecule has 0 spiro atoms. The van der Waals surface area contributed by atoms with Crippen molar-refractivity contribution in [1.82, 2.24) is 0 Å². The number of carbonyl (C=O) groups is 2. The first-order valence-corrected chi connectivity index (χ1v) is 3.20. The van der Waals surface area contributed by atoms with Crippen molar-refractivity contribution in [2.24, 2.45) is 0 Å². The van der Waals surface area contributed by atoms with Gasteiger partial charge in [0.05, 0.1) is 6.92 Å². The van der Waals surface area contributed by atoms with Crippen molar-refractivity contribution in [1.29, 1.82) is 0 Å². The zero-order chi connectivity index (χ0) is 9.56. The predicted molar refractivity (Wildman–Crippen MR) is 40.7 cm³/mol. The molecule has 1 radical (unpaired) electrons. The summed E-state index contributed by atoms with van der Waals surface area (Å²) in [7, 11) is 0. The molecule has 0 saturated heterocycles. The fourth-order valence-electron chi connectivity index (χ4n) is 0.475. The third-order valence-electron chi connectivity index (χ3n) is 0.938. The molecule has 0 aliphatic carbocycles. The SMILES string of the molecule is C#CCOC(=O)C(C)OC([CH2])=O. The van der Waals surface area contributed by atoms with Gasteiger partial charge in [0.25, 0.3) is 0 Å². The van der Waals surface area contributed by atoms with E-state index < -0.39 is 18.0 Å². The number of terminal acetylenes is 1. The minimum absolute atomic E-state index is 0.127. The molecule has 0 aromatic heterocycles. The summed E-state index contributed by atoms with van der Waals surface area (Å²) in [4.78, 5) is 21.1. The van der Waals surface area contributed by atoms with E-state index in [0.717, 1.165) is 0 Å². The van der Waals surface area contributed by atoms with Gasteiger partial charge in [-0.15, -0.1) is 6.42 Å². The van der Waals surface area contributed by atoms with E-state index in [2.05, 4.69) is 22.3 Å². The Morgan fingerprint density at radius 1 is 1.67 bits per heavy atom. The van der Waals surface area contributed by atoms with Gasteiger partial charge in [0, 0.05) is 0 Å². The molecule has 0 N–H and O–H groups in total. The Morgan fingerprint density at radius 2 is 2.25 bits per heavy atom. The molecule has 4 nitrogen and oxygen atoms in total. The molecular formula is C8H9O4. The summed E-state index contributed by atoms with van der Waals surface area (Å²) in [6, 6.07) is 0. The van der Waals surface area contributed by atoms with Crippen LogP contribution in [-0.4, -0.2) is 24.6 Å². The van der Waals surface area contributed by atoms with Crippen LogP contribution in [0.15, 0.2) is 0 Å². The number of ether oxygens (including phenoxy) is 2. The second-order valence-corrected chi connectivity index (χ2v) is 1.94. The first kappa shape index (κ1) is 10.5. The molecule has 0 aromatic rings. The van der Waals surface area contributed by atoms with Crippen LogP contribution in [-0.2, 0) is 19.1 Å². The molecule has 0 amide bonds. The standard InChI is InChI=1S/C8H9O4/c1-4-5-11-8(10)6(2)12-7(3)9/h1,6H,3,5H2,2H3. The summed E-state index contributed by atoms with van der Waals surface area (Å²) >= 11 is 0. The maximum Gasteiger partial charge on any atom is 0.348 e. The molecule has 12 heavy (non-hydrogen) atoms. The Bertz CT molecular complexity index is 214. The van der Waals surface area contributed by atoms with Gasteiger partial charge in [-0.05, 0) is 6.92 Å². The number of hydrogen-bond donors (Lipinski definition) is 0. The monoisotopic (exact) mass is 169 g/mol. The molecule has 1 atom stereocenters. The van der Waals surface area contributed by atoms with Gasteiger partial charge in [-0.25, -0.2) is 4.79 Å². The summed E-state index contributed by atoms with van der Waals surface area (Å²) in [5, 5.41) is 0. The number of esters is 2. The van der Waals surface area contributed by atoms with Crippen LogP contribution < -0.4 is 0 Å². The lowest BCUT2D eigenvalue weighted by Crippen LogP contribution is -2.25. The van der Waals surface area contributed by atoms with Crippen LogP contribution >= 0.6 is 0 Å². The summed E-state index contributed by atoms with van der Waals surface area (Å²) < 4.78 is 8.89. The Balaban J connectivity index is 3.78. The summed E-state index contributed by atoms with van der Waals surface area (Å²) in [5.41, 5.74) is 0. The van der Waals surface area contributed by atoms with Crippen LogP contribution in [0.5, 0.6) is 0 Å². The van der Waals surface area contributed by atoms with Gasteiger partial charge in [-0.1, -0.05) is 5.92 Å². The minimum atomic E-state index is -0.955. The van der Waals surface area contributed by atoms with Crippen molar-refractivity contribution in [2.75, 3.05) is 6.61 Å². The van der Waals surface area contributed by atoms with E-state index in [1.807, 2.05) is 0 Å². The van der Waals surface area contributed by atoms with Gasteiger partial charge in [-0.3, -0.25) is 4.79 Å². The van der Waals surface area contributed by atoms with Crippen LogP contribution in [0.2, 0.25) is 0 Å². The molecule has 1 unspecified atom stereocenters. The minimum Gasteiger partial charge on any atom is -0.451 e. The van der Waals surface area contributed by atoms with Crippen molar-refractivity contribution >= 4 is 11.9 Å². The van der Waals surface area contributed by atoms with Crippen molar-refractivity contribution < 1.29 is 19.1 Å². The molecule has 0 rings (SSSR count). The van der Waals surface area contributed by atoms with Crippen LogP contribution in [0.3, 0.4) is 0 Å². The van der Waals surface area contributed by atoms with E-state index in [9.17, 15) is 9.59 Å². The first-order chi connectivity index (χ1) is 5.57. The lowest BCUT2D eigenvalue weighted by atomic mass is 10.4. The van der Waals surface area contributed by atoms with Crippen LogP contribution in [0.1, 0.15) is 6.92 Å². The number of carbonyl (C=O) groups excluding carboxylic acids is 2. The van der Waals surface area contributed by atoms with Crippen molar-refractivity contribution in [2.45, 2.75) is 13.0 Å². The normalized spacial score (nSPS) is 11.1. The molecule has 0 saturated carbocycles. The van der Waals surface area contributed by atoms with E-state index in [-0.39, 0.29) is 6.61 Å². The highest BCUT2D eigenvalue weighted by molar-refractivity contribution is 5.80. The van der Waals surface area contributed by atoms with Crippen molar-refractivity contribution in [3.8, 4) is 12.3 Å². The predicted octanol–water partition coefficient (Wildman–Crippen LogP) is -0.0714. The van der Waals surface area contributed by atoms with Crippen LogP contribution in [0.4, 0.5) is 0 Å². The molecule has 65 valence electrons. The van der Waals surface area contributed by atoms with Crippen LogP contribution in [0.25, 0.3) is 0 Å². The zero-order valence-corrected chi connectivity index (χ0v) is 6.70. The number of hydrogen-bond acceptors (Lipinski definition) is 4. The molecule has 0 heterocycles. The molecular weight excluding hydrogens is 160 g/mol. The molecule has 0 bridgehead atoms. The molecule has 4 heteroatoms. The van der Waals surface area contributed by atoms with E-state index in [0.29, 0.717) is 0 Å². The number of rotatable bonds is 3. The van der Waals surface area contributed by atoms with E-state index in [1.54, 1.807) is 0 Å². The second kappa shape index (κ2) is 5.19. The first-order valence-electron chi connectivity index (χ1n) is 3.20. The average Bonchev–Trinajstić information content (AvgIpc) is 1.98. The molecule has 0 aromatic carbocycles. The van der Waals surface area contributed by atoms with Crippen molar-refractivity contribution in [3.63, 3.8) is 0 Å². The van der Waals surface area contributed by atoms with Crippen LogP contribution in [0, 0.1) is 19.3 Å². The highest BCUT2D eigenvalue weighted by Crippen LogP contribution is 1.94. The van der Waals surface area contributed by atoms with Gasteiger partial charge in [-0.2, -0.15) is 0 Å². The third kappa shape index (κ3) is 4.34. The fourth-order valence-corrected chi connectivity index (χ4v) is 0.475. The Labute approximate surface area is 70.8 Å². The van der Waals surface area contributed by atoms with Gasteiger partial charge in [0.15, 0.2) is 12.7 Å². The molecule has 0 fully saturated rings. The highest BCUT2D eigenvalue weighted by Gasteiger charge is 2.16. The van der Waals surface area contributed by atoms with E-state index >= 15 is 0 Å². The lowest BCUT2D eigenvalue weighted by Gasteiger charge is -2.09. The lowest BCUT2D eigenvalue weighted by molar-refractivity contribution is -0.162.